The first-order valence-electron chi connectivity index (χ1n) is 7.35. The summed E-state index contributed by atoms with van der Waals surface area (Å²) in [5.41, 5.74) is 1.91. The van der Waals surface area contributed by atoms with Gasteiger partial charge in [-0.05, 0) is 31.4 Å². The molecular formula is C16H20N2O4. The van der Waals surface area contributed by atoms with Crippen LogP contribution in [0.4, 0.5) is 5.69 Å². The van der Waals surface area contributed by atoms with Crippen molar-refractivity contribution >= 4 is 23.5 Å². The van der Waals surface area contributed by atoms with Crippen LogP contribution in [0.1, 0.15) is 31.7 Å². The number of fused-ring (bicyclic) bond motifs is 1. The van der Waals surface area contributed by atoms with Gasteiger partial charge in [0.2, 0.25) is 11.8 Å². The Morgan fingerprint density at radius 2 is 2.14 bits per heavy atom. The number of nitrogens with one attached hydrogen (secondary N) is 2. The molecule has 0 saturated heterocycles. The van der Waals surface area contributed by atoms with E-state index in [1.165, 1.54) is 0 Å². The zero-order chi connectivity index (χ0) is 16.1. The third-order valence-electron chi connectivity index (χ3n) is 3.72. The number of benzene rings is 1. The van der Waals surface area contributed by atoms with Crippen molar-refractivity contribution in [3.63, 3.8) is 0 Å². The highest BCUT2D eigenvalue weighted by molar-refractivity contribution is 5.96. The summed E-state index contributed by atoms with van der Waals surface area (Å²) in [6.45, 7) is 1.65. The van der Waals surface area contributed by atoms with Crippen LogP contribution in [0.25, 0.3) is 0 Å². The highest BCUT2D eigenvalue weighted by Crippen LogP contribution is 2.27. The number of rotatable bonds is 6. The average Bonchev–Trinajstić information content (AvgIpc) is 2.44. The summed E-state index contributed by atoms with van der Waals surface area (Å²) in [6.07, 6.45) is 1.18. The molecule has 2 atom stereocenters. The first kappa shape index (κ1) is 16.0. The van der Waals surface area contributed by atoms with Gasteiger partial charge in [-0.25, -0.2) is 0 Å². The van der Waals surface area contributed by atoms with Gasteiger partial charge in [-0.1, -0.05) is 18.2 Å². The molecule has 1 aromatic rings. The van der Waals surface area contributed by atoms with Crippen LogP contribution < -0.4 is 10.6 Å². The standard InChI is InChI=1S/C16H20N2O4/c1-10(8-15(20)21)17-14(19)7-6-12-9-11-4-2-3-5-13(11)18-16(12)22/h2-5,10,12H,6-9H2,1H3,(H,17,19)(H,18,22)(H,20,21). The monoisotopic (exact) mass is 304 g/mol. The summed E-state index contributed by atoms with van der Waals surface area (Å²) in [5, 5.41) is 14.1. The number of hydrogen-bond donors (Lipinski definition) is 3. The van der Waals surface area contributed by atoms with E-state index in [0.717, 1.165) is 11.3 Å². The molecule has 0 saturated carbocycles. The largest absolute Gasteiger partial charge is 0.481 e. The van der Waals surface area contributed by atoms with E-state index in [4.69, 9.17) is 5.11 Å². The van der Waals surface area contributed by atoms with Crippen LogP contribution in [-0.4, -0.2) is 28.9 Å². The molecule has 0 aliphatic carbocycles. The van der Waals surface area contributed by atoms with E-state index in [1.54, 1.807) is 6.92 Å². The van der Waals surface area contributed by atoms with Gasteiger partial charge in [0.1, 0.15) is 0 Å². The molecule has 0 fully saturated rings. The van der Waals surface area contributed by atoms with E-state index < -0.39 is 12.0 Å². The number of carbonyl (C=O) groups is 3. The predicted molar refractivity (Wildman–Crippen MR) is 81.4 cm³/mol. The fourth-order valence-corrected chi connectivity index (χ4v) is 2.61. The number of anilines is 1. The number of carbonyl (C=O) groups excluding carboxylic acids is 2. The Kier molecular flexibility index (Phi) is 5.14. The normalized spacial score (nSPS) is 18.0. The number of carboxylic acids is 1. The van der Waals surface area contributed by atoms with Gasteiger partial charge in [-0.3, -0.25) is 14.4 Å². The molecule has 2 amide bonds. The van der Waals surface area contributed by atoms with Crippen molar-refractivity contribution in [3.05, 3.63) is 29.8 Å². The molecule has 22 heavy (non-hydrogen) atoms. The van der Waals surface area contributed by atoms with Crippen molar-refractivity contribution in [1.29, 1.82) is 0 Å². The number of para-hydroxylation sites is 1. The van der Waals surface area contributed by atoms with Crippen molar-refractivity contribution in [3.8, 4) is 0 Å². The highest BCUT2D eigenvalue weighted by atomic mass is 16.4. The van der Waals surface area contributed by atoms with E-state index in [1.807, 2.05) is 24.3 Å². The lowest BCUT2D eigenvalue weighted by Crippen LogP contribution is -2.35. The molecule has 0 spiro atoms. The topological polar surface area (TPSA) is 95.5 Å². The van der Waals surface area contributed by atoms with Gasteiger partial charge in [0, 0.05) is 24.1 Å². The van der Waals surface area contributed by atoms with Crippen LogP contribution >= 0.6 is 0 Å². The van der Waals surface area contributed by atoms with Gasteiger partial charge in [-0.2, -0.15) is 0 Å². The average molecular weight is 304 g/mol. The molecule has 3 N–H and O–H groups in total. The Labute approximate surface area is 128 Å². The molecule has 0 radical (unpaired) electrons. The van der Waals surface area contributed by atoms with Gasteiger partial charge >= 0.3 is 5.97 Å². The number of amides is 2. The number of aliphatic carboxylic acids is 1. The summed E-state index contributed by atoms with van der Waals surface area (Å²) in [6, 6.07) is 7.22. The fraction of sp³-hybridized carbons (Fsp3) is 0.438. The summed E-state index contributed by atoms with van der Waals surface area (Å²) >= 11 is 0. The molecule has 6 heteroatoms. The second kappa shape index (κ2) is 7.06. The molecule has 1 aliphatic heterocycles. The molecule has 0 aromatic heterocycles. The summed E-state index contributed by atoms with van der Waals surface area (Å²) in [7, 11) is 0. The van der Waals surface area contributed by atoms with Gasteiger partial charge in [0.15, 0.2) is 0 Å². The lowest BCUT2D eigenvalue weighted by molar-refractivity contribution is -0.137. The molecule has 1 heterocycles. The van der Waals surface area contributed by atoms with E-state index in [9.17, 15) is 14.4 Å². The van der Waals surface area contributed by atoms with Crippen molar-refractivity contribution in [2.75, 3.05) is 5.32 Å². The van der Waals surface area contributed by atoms with Gasteiger partial charge < -0.3 is 15.7 Å². The van der Waals surface area contributed by atoms with Crippen LogP contribution in [0.5, 0.6) is 0 Å². The van der Waals surface area contributed by atoms with Gasteiger partial charge in [0.25, 0.3) is 0 Å². The Hall–Kier alpha value is -2.37. The Balaban J connectivity index is 1.83. The second-order valence-electron chi connectivity index (χ2n) is 5.65. The van der Waals surface area contributed by atoms with Crippen molar-refractivity contribution < 1.29 is 19.5 Å². The van der Waals surface area contributed by atoms with Crippen molar-refractivity contribution in [2.24, 2.45) is 5.92 Å². The summed E-state index contributed by atoms with van der Waals surface area (Å²) in [4.78, 5) is 34.4. The summed E-state index contributed by atoms with van der Waals surface area (Å²) < 4.78 is 0. The Bertz CT molecular complexity index is 585. The molecule has 118 valence electrons. The lowest BCUT2D eigenvalue weighted by Gasteiger charge is -2.24. The number of hydrogen-bond acceptors (Lipinski definition) is 3. The molecule has 1 aromatic carbocycles. The second-order valence-corrected chi connectivity index (χ2v) is 5.65. The first-order valence-corrected chi connectivity index (χ1v) is 7.35. The first-order chi connectivity index (χ1) is 10.5. The van der Waals surface area contributed by atoms with Crippen molar-refractivity contribution in [1.82, 2.24) is 5.32 Å². The van der Waals surface area contributed by atoms with Crippen LogP contribution in [-0.2, 0) is 20.8 Å². The summed E-state index contributed by atoms with van der Waals surface area (Å²) in [5.74, 6) is -1.46. The van der Waals surface area contributed by atoms with E-state index in [2.05, 4.69) is 10.6 Å². The van der Waals surface area contributed by atoms with Crippen LogP contribution in [0, 0.1) is 5.92 Å². The maximum Gasteiger partial charge on any atom is 0.305 e. The minimum atomic E-state index is -0.948. The molecule has 2 unspecified atom stereocenters. The minimum Gasteiger partial charge on any atom is -0.481 e. The van der Waals surface area contributed by atoms with Crippen molar-refractivity contribution in [2.45, 2.75) is 38.6 Å². The highest BCUT2D eigenvalue weighted by Gasteiger charge is 2.26. The van der Waals surface area contributed by atoms with Crippen LogP contribution in [0.15, 0.2) is 24.3 Å². The van der Waals surface area contributed by atoms with Crippen LogP contribution in [0.2, 0.25) is 0 Å². The quantitative estimate of drug-likeness (QED) is 0.743. The third kappa shape index (κ3) is 4.31. The molecule has 6 nitrogen and oxygen atoms in total. The molecule has 1 aliphatic rings. The van der Waals surface area contributed by atoms with E-state index in [-0.39, 0.29) is 30.6 Å². The number of carboxylic acid groups (broad SMARTS) is 1. The minimum absolute atomic E-state index is 0.0647. The van der Waals surface area contributed by atoms with Gasteiger partial charge in [0.05, 0.1) is 6.42 Å². The smallest absolute Gasteiger partial charge is 0.305 e. The third-order valence-corrected chi connectivity index (χ3v) is 3.72. The molecule has 2 rings (SSSR count). The SMILES string of the molecule is CC(CC(=O)O)NC(=O)CCC1Cc2ccccc2NC1=O. The van der Waals surface area contributed by atoms with Crippen LogP contribution in [0.3, 0.4) is 0 Å². The van der Waals surface area contributed by atoms with Gasteiger partial charge in [-0.15, -0.1) is 0 Å². The molecular weight excluding hydrogens is 284 g/mol. The Morgan fingerprint density at radius 3 is 2.86 bits per heavy atom. The van der Waals surface area contributed by atoms with E-state index in [0.29, 0.717) is 12.8 Å². The maximum absolute atomic E-state index is 12.0. The fourth-order valence-electron chi connectivity index (χ4n) is 2.61. The predicted octanol–water partition coefficient (Wildman–Crippen LogP) is 1.56. The van der Waals surface area contributed by atoms with E-state index >= 15 is 0 Å². The Morgan fingerprint density at radius 1 is 1.41 bits per heavy atom. The zero-order valence-corrected chi connectivity index (χ0v) is 12.5. The lowest BCUT2D eigenvalue weighted by atomic mass is 9.89. The maximum atomic E-state index is 12.0. The zero-order valence-electron chi connectivity index (χ0n) is 12.5. The molecule has 0 bridgehead atoms.